The Morgan fingerprint density at radius 1 is 1.24 bits per heavy atom. The molecule has 0 bridgehead atoms. The van der Waals surface area contributed by atoms with Crippen LogP contribution in [-0.2, 0) is 20.9 Å². The second-order valence-corrected chi connectivity index (χ2v) is 5.16. The standard InChI is InChI=1S/C14H19ClN2O4/c15-11-5-3-10(4-6-11)9-21-13(20)14(17,12(18)19)7-1-2-8-16/h3-6H,1-2,7-9,16-17H2,(H,18,19)/t14-/m0/s1. The van der Waals surface area contributed by atoms with Gasteiger partial charge in [0.05, 0.1) is 0 Å². The molecule has 116 valence electrons. The van der Waals surface area contributed by atoms with Gasteiger partial charge in [-0.15, -0.1) is 0 Å². The van der Waals surface area contributed by atoms with Gasteiger partial charge in [0.15, 0.2) is 0 Å². The summed E-state index contributed by atoms with van der Waals surface area (Å²) in [5.74, 6) is -2.36. The summed E-state index contributed by atoms with van der Waals surface area (Å²) in [5, 5.41) is 9.72. The molecule has 0 unspecified atom stereocenters. The Morgan fingerprint density at radius 2 is 1.86 bits per heavy atom. The fourth-order valence-electron chi connectivity index (χ4n) is 1.70. The molecule has 0 saturated heterocycles. The number of ether oxygens (including phenoxy) is 1. The zero-order valence-corrected chi connectivity index (χ0v) is 12.3. The van der Waals surface area contributed by atoms with Gasteiger partial charge in [0.2, 0.25) is 5.54 Å². The summed E-state index contributed by atoms with van der Waals surface area (Å²) in [6.07, 6.45) is 1.02. The Kier molecular flexibility index (Phi) is 6.61. The topological polar surface area (TPSA) is 116 Å². The number of carboxylic acids is 1. The predicted octanol–water partition coefficient (Wildman–Crippen LogP) is 1.29. The molecular weight excluding hydrogens is 296 g/mol. The highest BCUT2D eigenvalue weighted by Crippen LogP contribution is 2.16. The van der Waals surface area contributed by atoms with Gasteiger partial charge in [0.1, 0.15) is 6.61 Å². The summed E-state index contributed by atoms with van der Waals surface area (Å²) >= 11 is 5.74. The van der Waals surface area contributed by atoms with Gasteiger partial charge in [-0.05, 0) is 43.5 Å². The molecule has 0 aliphatic rings. The van der Waals surface area contributed by atoms with Crippen molar-refractivity contribution in [2.75, 3.05) is 6.54 Å². The van der Waals surface area contributed by atoms with E-state index in [1.54, 1.807) is 24.3 Å². The van der Waals surface area contributed by atoms with Crippen molar-refractivity contribution in [1.29, 1.82) is 0 Å². The number of benzene rings is 1. The molecule has 21 heavy (non-hydrogen) atoms. The van der Waals surface area contributed by atoms with Crippen LogP contribution >= 0.6 is 11.6 Å². The van der Waals surface area contributed by atoms with E-state index in [0.717, 1.165) is 0 Å². The quantitative estimate of drug-likeness (QED) is 0.378. The molecule has 7 heteroatoms. The number of nitrogens with two attached hydrogens (primary N) is 2. The van der Waals surface area contributed by atoms with Crippen molar-refractivity contribution in [2.45, 2.75) is 31.4 Å². The average Bonchev–Trinajstić information content (AvgIpc) is 2.46. The summed E-state index contributed by atoms with van der Waals surface area (Å²) in [4.78, 5) is 23.2. The van der Waals surface area contributed by atoms with Crippen LogP contribution in [0, 0.1) is 0 Å². The van der Waals surface area contributed by atoms with Crippen LogP contribution < -0.4 is 11.5 Å². The summed E-state index contributed by atoms with van der Waals surface area (Å²) < 4.78 is 5.01. The summed E-state index contributed by atoms with van der Waals surface area (Å²) in [7, 11) is 0. The van der Waals surface area contributed by atoms with Crippen molar-refractivity contribution >= 4 is 23.5 Å². The van der Waals surface area contributed by atoms with Crippen molar-refractivity contribution in [3.8, 4) is 0 Å². The fraction of sp³-hybridized carbons (Fsp3) is 0.429. The number of unbranched alkanes of at least 4 members (excludes halogenated alkanes) is 1. The lowest BCUT2D eigenvalue weighted by molar-refractivity contribution is -0.162. The van der Waals surface area contributed by atoms with Gasteiger partial charge in [-0.1, -0.05) is 23.7 Å². The van der Waals surface area contributed by atoms with Gasteiger partial charge < -0.3 is 21.3 Å². The van der Waals surface area contributed by atoms with Crippen molar-refractivity contribution < 1.29 is 19.4 Å². The summed E-state index contributed by atoms with van der Waals surface area (Å²) in [6, 6.07) is 6.67. The van der Waals surface area contributed by atoms with Crippen molar-refractivity contribution in [3.63, 3.8) is 0 Å². The van der Waals surface area contributed by atoms with Gasteiger partial charge in [-0.25, -0.2) is 9.59 Å². The monoisotopic (exact) mass is 314 g/mol. The minimum atomic E-state index is -2.04. The molecule has 0 radical (unpaired) electrons. The summed E-state index contributed by atoms with van der Waals surface area (Å²) in [6.45, 7) is 0.356. The van der Waals surface area contributed by atoms with E-state index >= 15 is 0 Å². The molecule has 5 N–H and O–H groups in total. The highest BCUT2D eigenvalue weighted by molar-refractivity contribution is 6.30. The largest absolute Gasteiger partial charge is 0.479 e. The number of carbonyl (C=O) groups is 2. The number of aliphatic carboxylic acids is 1. The fourth-order valence-corrected chi connectivity index (χ4v) is 1.83. The van der Waals surface area contributed by atoms with Gasteiger partial charge in [-0.3, -0.25) is 0 Å². The molecule has 1 rings (SSSR count). The third-order valence-electron chi connectivity index (χ3n) is 3.05. The molecule has 1 aromatic carbocycles. The summed E-state index contributed by atoms with van der Waals surface area (Å²) in [5.41, 5.74) is 9.68. The van der Waals surface area contributed by atoms with Gasteiger partial charge in [-0.2, -0.15) is 0 Å². The molecule has 0 aromatic heterocycles. The van der Waals surface area contributed by atoms with E-state index < -0.39 is 17.5 Å². The van der Waals surface area contributed by atoms with E-state index in [4.69, 9.17) is 32.9 Å². The van der Waals surface area contributed by atoms with Crippen LogP contribution in [-0.4, -0.2) is 29.1 Å². The molecule has 1 aromatic rings. The van der Waals surface area contributed by atoms with Crippen LogP contribution in [0.5, 0.6) is 0 Å². The van der Waals surface area contributed by atoms with Crippen molar-refractivity contribution in [1.82, 2.24) is 0 Å². The lowest BCUT2D eigenvalue weighted by atomic mass is 9.94. The van der Waals surface area contributed by atoms with E-state index in [2.05, 4.69) is 0 Å². The molecule has 0 fully saturated rings. The Bertz CT molecular complexity index is 492. The molecule has 0 amide bonds. The van der Waals surface area contributed by atoms with Crippen LogP contribution in [0.2, 0.25) is 5.02 Å². The SMILES string of the molecule is NCCCC[C@](N)(C(=O)O)C(=O)OCc1ccc(Cl)cc1. The highest BCUT2D eigenvalue weighted by Gasteiger charge is 2.43. The average molecular weight is 315 g/mol. The predicted molar refractivity (Wildman–Crippen MR) is 78.7 cm³/mol. The lowest BCUT2D eigenvalue weighted by Gasteiger charge is -2.22. The molecule has 0 aliphatic carbocycles. The maximum atomic E-state index is 12.0. The maximum Gasteiger partial charge on any atom is 0.338 e. The Hall–Kier alpha value is -1.63. The van der Waals surface area contributed by atoms with Crippen LogP contribution in [0.4, 0.5) is 0 Å². The van der Waals surface area contributed by atoms with E-state index in [0.29, 0.717) is 30.0 Å². The molecule has 1 atom stereocenters. The van der Waals surface area contributed by atoms with Gasteiger partial charge in [0.25, 0.3) is 0 Å². The van der Waals surface area contributed by atoms with Crippen molar-refractivity contribution in [2.24, 2.45) is 11.5 Å². The molecular formula is C14H19ClN2O4. The van der Waals surface area contributed by atoms with Gasteiger partial charge in [0, 0.05) is 5.02 Å². The Morgan fingerprint density at radius 3 is 2.38 bits per heavy atom. The molecule has 0 spiro atoms. The Balaban J connectivity index is 2.64. The van der Waals surface area contributed by atoms with E-state index in [-0.39, 0.29) is 13.0 Å². The van der Waals surface area contributed by atoms with E-state index in [9.17, 15) is 9.59 Å². The van der Waals surface area contributed by atoms with Crippen LogP contribution in [0.25, 0.3) is 0 Å². The molecule has 0 heterocycles. The first-order valence-electron chi connectivity index (χ1n) is 6.54. The first-order chi connectivity index (χ1) is 9.90. The number of rotatable bonds is 8. The zero-order chi connectivity index (χ0) is 15.9. The normalized spacial score (nSPS) is 13.5. The molecule has 0 saturated carbocycles. The van der Waals surface area contributed by atoms with Crippen LogP contribution in [0.15, 0.2) is 24.3 Å². The number of carbonyl (C=O) groups excluding carboxylic acids is 1. The van der Waals surface area contributed by atoms with Crippen LogP contribution in [0.3, 0.4) is 0 Å². The number of halogens is 1. The molecule has 0 aliphatic heterocycles. The number of hydrogen-bond acceptors (Lipinski definition) is 5. The molecule has 6 nitrogen and oxygen atoms in total. The highest BCUT2D eigenvalue weighted by atomic mass is 35.5. The lowest BCUT2D eigenvalue weighted by Crippen LogP contribution is -2.55. The van der Waals surface area contributed by atoms with E-state index in [1.165, 1.54) is 0 Å². The first-order valence-corrected chi connectivity index (χ1v) is 6.92. The minimum absolute atomic E-state index is 0.0149. The van der Waals surface area contributed by atoms with Crippen molar-refractivity contribution in [3.05, 3.63) is 34.9 Å². The van der Waals surface area contributed by atoms with Gasteiger partial charge >= 0.3 is 11.9 Å². The zero-order valence-electron chi connectivity index (χ0n) is 11.5. The third-order valence-corrected chi connectivity index (χ3v) is 3.31. The number of hydrogen-bond donors (Lipinski definition) is 3. The number of esters is 1. The first kappa shape index (κ1) is 17.4. The third kappa shape index (κ3) is 5.00. The Labute approximate surface area is 128 Å². The van der Waals surface area contributed by atoms with Crippen LogP contribution in [0.1, 0.15) is 24.8 Å². The number of carboxylic acid groups (broad SMARTS) is 1. The second kappa shape index (κ2) is 7.97. The smallest absolute Gasteiger partial charge is 0.338 e. The van der Waals surface area contributed by atoms with E-state index in [1.807, 2.05) is 0 Å². The second-order valence-electron chi connectivity index (χ2n) is 4.72. The minimum Gasteiger partial charge on any atom is -0.479 e. The maximum absolute atomic E-state index is 12.0.